The molecule has 8 heteroatoms. The van der Waals surface area contributed by atoms with E-state index in [0.717, 1.165) is 11.1 Å². The molecular weight excluding hydrogens is 458 g/mol. The van der Waals surface area contributed by atoms with Crippen LogP contribution in [0.2, 0.25) is 0 Å². The first-order valence-electron chi connectivity index (χ1n) is 12.6. The Morgan fingerprint density at radius 2 is 1.39 bits per heavy atom. The van der Waals surface area contributed by atoms with Gasteiger partial charge in [-0.15, -0.1) is 0 Å². The van der Waals surface area contributed by atoms with Crippen molar-refractivity contribution in [3.05, 3.63) is 70.8 Å². The molecule has 3 aliphatic heterocycles. The number of carbonyl (C=O) groups is 3. The van der Waals surface area contributed by atoms with E-state index in [2.05, 4.69) is 0 Å². The van der Waals surface area contributed by atoms with E-state index in [-0.39, 0.29) is 24.3 Å². The normalized spacial score (nSPS) is 21.6. The zero-order valence-electron chi connectivity index (χ0n) is 20.9. The molecule has 0 unspecified atom stereocenters. The standard InChI is InChI=1S/C28H33N3O5/c1-20-5-3-7-22(17-20)25(32)29-11-9-28(10-12-29)31(26(33)23-8-4-6-21(2)18-23)24(19-36-28)27(34)30-13-15-35-16-14-30/h3-8,17-18,24H,9-16,19H2,1-2H3/t24-/m0/s1. The van der Waals surface area contributed by atoms with Gasteiger partial charge >= 0.3 is 0 Å². The first kappa shape index (κ1) is 24.5. The van der Waals surface area contributed by atoms with Gasteiger partial charge in [0.05, 0.1) is 19.8 Å². The Bertz CT molecular complexity index is 1150. The number of hydrogen-bond acceptors (Lipinski definition) is 5. The van der Waals surface area contributed by atoms with Crippen molar-refractivity contribution in [3.63, 3.8) is 0 Å². The number of benzene rings is 2. The van der Waals surface area contributed by atoms with Crippen molar-refractivity contribution >= 4 is 17.7 Å². The molecule has 0 N–H and O–H groups in total. The minimum atomic E-state index is -0.920. The number of hydrogen-bond donors (Lipinski definition) is 0. The first-order valence-corrected chi connectivity index (χ1v) is 12.6. The smallest absolute Gasteiger partial charge is 0.256 e. The molecular formula is C28H33N3O5. The average Bonchev–Trinajstić information content (AvgIpc) is 3.26. The number of nitrogens with zero attached hydrogens (tertiary/aromatic N) is 3. The monoisotopic (exact) mass is 491 g/mol. The van der Waals surface area contributed by atoms with Crippen LogP contribution >= 0.6 is 0 Å². The summed E-state index contributed by atoms with van der Waals surface area (Å²) in [6.45, 7) is 6.96. The minimum absolute atomic E-state index is 0.0240. The number of amides is 3. The highest BCUT2D eigenvalue weighted by Crippen LogP contribution is 2.39. The van der Waals surface area contributed by atoms with Crippen LogP contribution in [0.4, 0.5) is 0 Å². The average molecular weight is 492 g/mol. The molecule has 5 rings (SSSR count). The van der Waals surface area contributed by atoms with Crippen LogP contribution in [0.1, 0.15) is 44.7 Å². The van der Waals surface area contributed by atoms with Crippen LogP contribution in [-0.2, 0) is 14.3 Å². The molecule has 3 fully saturated rings. The quantitative estimate of drug-likeness (QED) is 0.660. The van der Waals surface area contributed by atoms with Gasteiger partial charge in [0, 0.05) is 50.1 Å². The maximum Gasteiger partial charge on any atom is 0.256 e. The first-order chi connectivity index (χ1) is 17.4. The van der Waals surface area contributed by atoms with E-state index in [0.29, 0.717) is 63.4 Å². The Morgan fingerprint density at radius 3 is 1.97 bits per heavy atom. The van der Waals surface area contributed by atoms with E-state index in [4.69, 9.17) is 9.47 Å². The topological polar surface area (TPSA) is 79.4 Å². The molecule has 2 aromatic rings. The van der Waals surface area contributed by atoms with Crippen LogP contribution < -0.4 is 0 Å². The zero-order valence-corrected chi connectivity index (χ0v) is 20.9. The van der Waals surface area contributed by atoms with Gasteiger partial charge in [-0.2, -0.15) is 0 Å². The molecule has 2 aromatic carbocycles. The summed E-state index contributed by atoms with van der Waals surface area (Å²) in [6.07, 6.45) is 0.907. The molecule has 190 valence electrons. The number of rotatable bonds is 3. The summed E-state index contributed by atoms with van der Waals surface area (Å²) in [4.78, 5) is 45.9. The number of morpholine rings is 1. The van der Waals surface area contributed by atoms with Crippen molar-refractivity contribution in [2.45, 2.75) is 38.5 Å². The molecule has 0 aromatic heterocycles. The molecule has 3 heterocycles. The summed E-state index contributed by atoms with van der Waals surface area (Å²) < 4.78 is 11.7. The fraction of sp³-hybridized carbons (Fsp3) is 0.464. The Morgan fingerprint density at radius 1 is 0.806 bits per heavy atom. The Balaban J connectivity index is 1.40. The van der Waals surface area contributed by atoms with Crippen LogP contribution in [0.25, 0.3) is 0 Å². The molecule has 3 saturated heterocycles. The van der Waals surface area contributed by atoms with E-state index in [9.17, 15) is 14.4 Å². The number of carbonyl (C=O) groups excluding carboxylic acids is 3. The van der Waals surface area contributed by atoms with Gasteiger partial charge < -0.3 is 19.3 Å². The number of ether oxygens (including phenoxy) is 2. The molecule has 36 heavy (non-hydrogen) atoms. The predicted molar refractivity (Wildman–Crippen MR) is 134 cm³/mol. The molecule has 0 radical (unpaired) electrons. The van der Waals surface area contributed by atoms with Gasteiger partial charge in [-0.05, 0) is 38.1 Å². The predicted octanol–water partition coefficient (Wildman–Crippen LogP) is 2.64. The van der Waals surface area contributed by atoms with Crippen LogP contribution in [0, 0.1) is 13.8 Å². The third-order valence-corrected chi connectivity index (χ3v) is 7.45. The Kier molecular flexibility index (Phi) is 6.81. The van der Waals surface area contributed by atoms with Gasteiger partial charge in [0.15, 0.2) is 0 Å². The third kappa shape index (κ3) is 4.63. The van der Waals surface area contributed by atoms with Gasteiger partial charge in [-0.3, -0.25) is 19.3 Å². The van der Waals surface area contributed by atoms with Gasteiger partial charge in [0.2, 0.25) is 5.91 Å². The van der Waals surface area contributed by atoms with Crippen LogP contribution in [-0.4, -0.2) is 90.2 Å². The zero-order chi connectivity index (χ0) is 25.3. The molecule has 1 spiro atoms. The van der Waals surface area contributed by atoms with Crippen molar-refractivity contribution < 1.29 is 23.9 Å². The van der Waals surface area contributed by atoms with E-state index in [1.165, 1.54) is 0 Å². The summed E-state index contributed by atoms with van der Waals surface area (Å²) in [6, 6.07) is 14.3. The van der Waals surface area contributed by atoms with Crippen LogP contribution in [0.15, 0.2) is 48.5 Å². The fourth-order valence-corrected chi connectivity index (χ4v) is 5.49. The number of aryl methyl sites for hydroxylation is 2. The molecule has 1 atom stereocenters. The van der Waals surface area contributed by atoms with Crippen molar-refractivity contribution in [1.82, 2.24) is 14.7 Å². The van der Waals surface area contributed by atoms with E-state index in [1.807, 2.05) is 61.2 Å². The second-order valence-corrected chi connectivity index (χ2v) is 9.92. The van der Waals surface area contributed by atoms with Crippen molar-refractivity contribution in [3.8, 4) is 0 Å². The van der Waals surface area contributed by atoms with Crippen LogP contribution in [0.3, 0.4) is 0 Å². The maximum atomic E-state index is 13.9. The van der Waals surface area contributed by atoms with E-state index in [1.54, 1.807) is 15.9 Å². The number of likely N-dealkylation sites (tertiary alicyclic amines) is 1. The van der Waals surface area contributed by atoms with Gasteiger partial charge in [0.25, 0.3) is 11.8 Å². The highest BCUT2D eigenvalue weighted by Gasteiger charge is 2.55. The van der Waals surface area contributed by atoms with Crippen molar-refractivity contribution in [2.75, 3.05) is 46.0 Å². The van der Waals surface area contributed by atoms with Gasteiger partial charge in [-0.25, -0.2) is 0 Å². The van der Waals surface area contributed by atoms with Gasteiger partial charge in [-0.1, -0.05) is 35.4 Å². The highest BCUT2D eigenvalue weighted by molar-refractivity contribution is 5.99. The third-order valence-electron chi connectivity index (χ3n) is 7.45. The molecule has 8 nitrogen and oxygen atoms in total. The van der Waals surface area contributed by atoms with Gasteiger partial charge in [0.1, 0.15) is 11.8 Å². The summed E-state index contributed by atoms with van der Waals surface area (Å²) in [5.41, 5.74) is 2.29. The van der Waals surface area contributed by atoms with Crippen LogP contribution in [0.5, 0.6) is 0 Å². The summed E-state index contributed by atoms with van der Waals surface area (Å²) in [7, 11) is 0. The Hall–Kier alpha value is -3.23. The second-order valence-electron chi connectivity index (χ2n) is 9.92. The molecule has 0 saturated carbocycles. The summed E-state index contributed by atoms with van der Waals surface area (Å²) in [5, 5.41) is 0. The summed E-state index contributed by atoms with van der Waals surface area (Å²) >= 11 is 0. The maximum absolute atomic E-state index is 13.9. The molecule has 3 aliphatic rings. The lowest BCUT2D eigenvalue weighted by atomic mass is 9.95. The summed E-state index contributed by atoms with van der Waals surface area (Å²) in [5.74, 6) is -0.334. The van der Waals surface area contributed by atoms with Crippen molar-refractivity contribution in [2.24, 2.45) is 0 Å². The van der Waals surface area contributed by atoms with E-state index >= 15 is 0 Å². The Labute approximate surface area is 211 Å². The SMILES string of the molecule is Cc1cccc(C(=O)N2CCC3(CC2)OC[C@@H](C(=O)N2CCOCC2)N3C(=O)c2cccc(C)c2)c1. The second kappa shape index (κ2) is 10.0. The lowest BCUT2D eigenvalue weighted by molar-refractivity contribution is -0.141. The largest absolute Gasteiger partial charge is 0.378 e. The fourth-order valence-electron chi connectivity index (χ4n) is 5.49. The van der Waals surface area contributed by atoms with Crippen molar-refractivity contribution in [1.29, 1.82) is 0 Å². The molecule has 0 bridgehead atoms. The minimum Gasteiger partial charge on any atom is -0.378 e. The lowest BCUT2D eigenvalue weighted by Gasteiger charge is -2.45. The molecule has 0 aliphatic carbocycles. The highest BCUT2D eigenvalue weighted by atomic mass is 16.5. The lowest BCUT2D eigenvalue weighted by Crippen LogP contribution is -2.60. The number of piperidine rings is 1. The van der Waals surface area contributed by atoms with E-state index < -0.39 is 11.8 Å². The molecule has 3 amide bonds.